The molecule has 7 heteroatoms. The van der Waals surface area contributed by atoms with E-state index in [0.29, 0.717) is 23.0 Å². The molecule has 1 aliphatic heterocycles. The Labute approximate surface area is 112 Å². The average molecular weight is 282 g/mol. The van der Waals surface area contributed by atoms with Gasteiger partial charge in [-0.2, -0.15) is 0 Å². The summed E-state index contributed by atoms with van der Waals surface area (Å²) >= 11 is 7.38. The lowest BCUT2D eigenvalue weighted by atomic mass is 10.1. The summed E-state index contributed by atoms with van der Waals surface area (Å²) < 4.78 is 1.73. The topological polar surface area (TPSA) is 68.0 Å². The summed E-state index contributed by atoms with van der Waals surface area (Å²) in [6, 6.07) is 3.33. The fraction of sp³-hybridized carbons (Fsp3) is 0.182. The molecule has 0 amide bonds. The monoisotopic (exact) mass is 281 g/mol. The van der Waals surface area contributed by atoms with Crippen LogP contribution in [0.1, 0.15) is 10.5 Å². The van der Waals surface area contributed by atoms with Crippen LogP contribution in [-0.4, -0.2) is 31.4 Å². The lowest BCUT2D eigenvalue weighted by molar-refractivity contribution is 0.0685. The zero-order valence-electron chi connectivity index (χ0n) is 9.13. The molecule has 0 aliphatic carbocycles. The predicted octanol–water partition coefficient (Wildman–Crippen LogP) is 2.40. The molecular weight excluding hydrogens is 274 g/mol. The van der Waals surface area contributed by atoms with Crippen molar-refractivity contribution in [3.63, 3.8) is 0 Å². The molecular formula is C11H8ClN3O2S. The molecule has 2 aromatic heterocycles. The Bertz CT molecular complexity index is 641. The van der Waals surface area contributed by atoms with E-state index in [4.69, 9.17) is 11.6 Å². The molecule has 0 saturated carbocycles. The van der Waals surface area contributed by atoms with Crippen LogP contribution in [0.25, 0.3) is 11.3 Å². The van der Waals surface area contributed by atoms with Gasteiger partial charge in [-0.25, -0.2) is 14.8 Å². The van der Waals surface area contributed by atoms with Crippen molar-refractivity contribution in [1.82, 2.24) is 14.5 Å². The van der Waals surface area contributed by atoms with Gasteiger partial charge in [0.15, 0.2) is 10.9 Å². The number of carboxylic acid groups (broad SMARTS) is 1. The van der Waals surface area contributed by atoms with Crippen LogP contribution in [0.15, 0.2) is 23.5 Å². The number of rotatable bonds is 2. The largest absolute Gasteiger partial charge is 0.477 e. The summed E-state index contributed by atoms with van der Waals surface area (Å²) in [5.41, 5.74) is 1.35. The van der Waals surface area contributed by atoms with Crippen LogP contribution in [0.5, 0.6) is 0 Å². The van der Waals surface area contributed by atoms with Crippen LogP contribution >= 0.6 is 23.4 Å². The Morgan fingerprint density at radius 3 is 3.11 bits per heavy atom. The third-order valence-electron chi connectivity index (χ3n) is 2.68. The van der Waals surface area contributed by atoms with Gasteiger partial charge in [-0.3, -0.25) is 0 Å². The summed E-state index contributed by atoms with van der Waals surface area (Å²) in [7, 11) is 0. The molecule has 0 fully saturated rings. The Morgan fingerprint density at radius 1 is 1.56 bits per heavy atom. The maximum atomic E-state index is 11.4. The van der Waals surface area contributed by atoms with Gasteiger partial charge in [0.1, 0.15) is 10.8 Å². The second-order valence-electron chi connectivity index (χ2n) is 3.76. The first-order valence-electron chi connectivity index (χ1n) is 5.25. The van der Waals surface area contributed by atoms with Gasteiger partial charge in [-0.15, -0.1) is 0 Å². The van der Waals surface area contributed by atoms with E-state index in [1.807, 2.05) is 0 Å². The van der Waals surface area contributed by atoms with E-state index in [9.17, 15) is 9.90 Å². The normalized spacial score (nSPS) is 13.6. The number of nitrogens with zero attached hydrogens (tertiary/aromatic N) is 3. The molecule has 3 rings (SSSR count). The van der Waals surface area contributed by atoms with Crippen LogP contribution in [0.2, 0.25) is 5.15 Å². The minimum absolute atomic E-state index is 0.220. The maximum absolute atomic E-state index is 11.4. The molecule has 0 aromatic carbocycles. The molecule has 3 heterocycles. The minimum atomic E-state index is -0.973. The Hall–Kier alpha value is -1.53. The van der Waals surface area contributed by atoms with Crippen molar-refractivity contribution in [2.45, 2.75) is 11.7 Å². The van der Waals surface area contributed by atoms with E-state index in [1.165, 1.54) is 0 Å². The number of fused-ring (bicyclic) bond motifs is 1. The standard InChI is InChI=1S/C11H8ClN3O2S/c12-7-5-6(1-2-13-7)8-9(10(16)17)15-3-4-18-11(15)14-8/h1-2,5H,3-4H2,(H,16,17). The molecule has 0 radical (unpaired) electrons. The number of carboxylic acids is 1. The van der Waals surface area contributed by atoms with E-state index in [0.717, 1.165) is 10.9 Å². The van der Waals surface area contributed by atoms with Gasteiger partial charge in [0.05, 0.1) is 0 Å². The average Bonchev–Trinajstić information content (AvgIpc) is 2.87. The Kier molecular flexibility index (Phi) is 2.76. The molecule has 0 spiro atoms. The third-order valence-corrected chi connectivity index (χ3v) is 3.84. The molecule has 1 aliphatic rings. The fourth-order valence-corrected chi connectivity index (χ4v) is 3.07. The summed E-state index contributed by atoms with van der Waals surface area (Å²) in [6.07, 6.45) is 1.54. The number of aromatic carboxylic acids is 1. The van der Waals surface area contributed by atoms with Crippen molar-refractivity contribution < 1.29 is 9.90 Å². The van der Waals surface area contributed by atoms with E-state index >= 15 is 0 Å². The highest BCUT2D eigenvalue weighted by molar-refractivity contribution is 7.99. The summed E-state index contributed by atoms with van der Waals surface area (Å²) in [5, 5.41) is 10.4. The van der Waals surface area contributed by atoms with E-state index in [1.54, 1.807) is 34.7 Å². The number of carbonyl (C=O) groups is 1. The summed E-state index contributed by atoms with van der Waals surface area (Å²) in [6.45, 7) is 0.674. The zero-order valence-corrected chi connectivity index (χ0v) is 10.7. The fourth-order valence-electron chi connectivity index (χ4n) is 1.95. The van der Waals surface area contributed by atoms with Gasteiger partial charge in [0.2, 0.25) is 0 Å². The highest BCUT2D eigenvalue weighted by Crippen LogP contribution is 2.33. The van der Waals surface area contributed by atoms with Gasteiger partial charge < -0.3 is 9.67 Å². The van der Waals surface area contributed by atoms with Crippen molar-refractivity contribution in [2.24, 2.45) is 0 Å². The first-order chi connectivity index (χ1) is 8.66. The quantitative estimate of drug-likeness (QED) is 0.856. The second kappa shape index (κ2) is 4.29. The number of aromatic nitrogens is 3. The molecule has 0 bridgehead atoms. The number of hydrogen-bond donors (Lipinski definition) is 1. The van der Waals surface area contributed by atoms with Crippen LogP contribution in [0.3, 0.4) is 0 Å². The molecule has 1 N–H and O–H groups in total. The first kappa shape index (κ1) is 11.6. The number of imidazole rings is 1. The number of halogens is 1. The first-order valence-corrected chi connectivity index (χ1v) is 6.61. The Balaban J connectivity index is 2.21. The van der Waals surface area contributed by atoms with E-state index in [2.05, 4.69) is 9.97 Å². The van der Waals surface area contributed by atoms with Crippen molar-refractivity contribution in [3.05, 3.63) is 29.2 Å². The van der Waals surface area contributed by atoms with Crippen molar-refractivity contribution in [3.8, 4) is 11.3 Å². The van der Waals surface area contributed by atoms with Crippen LogP contribution in [-0.2, 0) is 6.54 Å². The lowest BCUT2D eigenvalue weighted by Gasteiger charge is -2.02. The Morgan fingerprint density at radius 2 is 2.39 bits per heavy atom. The molecule has 2 aromatic rings. The van der Waals surface area contributed by atoms with Gasteiger partial charge in [0.25, 0.3) is 0 Å². The van der Waals surface area contributed by atoms with Crippen molar-refractivity contribution in [2.75, 3.05) is 5.75 Å². The van der Waals surface area contributed by atoms with Gasteiger partial charge in [-0.1, -0.05) is 23.4 Å². The summed E-state index contributed by atoms with van der Waals surface area (Å²) in [5.74, 6) is -0.112. The van der Waals surface area contributed by atoms with Crippen molar-refractivity contribution >= 4 is 29.3 Å². The van der Waals surface area contributed by atoms with E-state index < -0.39 is 5.97 Å². The maximum Gasteiger partial charge on any atom is 0.354 e. The zero-order chi connectivity index (χ0) is 12.7. The predicted molar refractivity (Wildman–Crippen MR) is 68.2 cm³/mol. The van der Waals surface area contributed by atoms with Gasteiger partial charge in [-0.05, 0) is 12.1 Å². The molecule has 0 saturated heterocycles. The highest BCUT2D eigenvalue weighted by atomic mass is 35.5. The SMILES string of the molecule is O=C(O)c1c(-c2ccnc(Cl)c2)nc2n1CCS2. The number of pyridine rings is 1. The number of thioether (sulfide) groups is 1. The van der Waals surface area contributed by atoms with Gasteiger partial charge >= 0.3 is 5.97 Å². The van der Waals surface area contributed by atoms with Crippen molar-refractivity contribution in [1.29, 1.82) is 0 Å². The minimum Gasteiger partial charge on any atom is -0.477 e. The summed E-state index contributed by atoms with van der Waals surface area (Å²) in [4.78, 5) is 19.6. The van der Waals surface area contributed by atoms with Crippen LogP contribution in [0, 0.1) is 0 Å². The third kappa shape index (κ3) is 1.77. The van der Waals surface area contributed by atoms with Crippen LogP contribution in [0.4, 0.5) is 0 Å². The van der Waals surface area contributed by atoms with Gasteiger partial charge in [0, 0.05) is 24.1 Å². The molecule has 5 nitrogen and oxygen atoms in total. The molecule has 92 valence electrons. The lowest BCUT2D eigenvalue weighted by Crippen LogP contribution is -2.08. The van der Waals surface area contributed by atoms with E-state index in [-0.39, 0.29) is 5.69 Å². The molecule has 18 heavy (non-hydrogen) atoms. The number of hydrogen-bond acceptors (Lipinski definition) is 4. The molecule has 0 atom stereocenters. The van der Waals surface area contributed by atoms with Crippen LogP contribution < -0.4 is 0 Å². The smallest absolute Gasteiger partial charge is 0.354 e. The highest BCUT2D eigenvalue weighted by Gasteiger charge is 2.26. The molecule has 0 unspecified atom stereocenters. The second-order valence-corrected chi connectivity index (χ2v) is 5.21.